The summed E-state index contributed by atoms with van der Waals surface area (Å²) in [6.07, 6.45) is 0. The number of rotatable bonds is 6. The van der Waals surface area contributed by atoms with Crippen molar-refractivity contribution in [2.75, 3.05) is 4.72 Å². The highest BCUT2D eigenvalue weighted by atomic mass is 35.5. The zero-order valence-electron chi connectivity index (χ0n) is 14.3. The van der Waals surface area contributed by atoms with Crippen molar-refractivity contribution in [3.8, 4) is 0 Å². The van der Waals surface area contributed by atoms with Crippen molar-refractivity contribution in [2.24, 2.45) is 5.16 Å². The van der Waals surface area contributed by atoms with Crippen molar-refractivity contribution in [1.82, 2.24) is 0 Å². The molecule has 0 aliphatic heterocycles. The number of aryl methyl sites for hydroxylation is 1. The lowest BCUT2D eigenvalue weighted by molar-refractivity contribution is -0.0429. The molecule has 0 amide bonds. The second-order valence-electron chi connectivity index (χ2n) is 5.68. The summed E-state index contributed by atoms with van der Waals surface area (Å²) in [7, 11) is -5.55. The second kappa shape index (κ2) is 8.18. The van der Waals surface area contributed by atoms with Crippen LogP contribution < -0.4 is 4.72 Å². The van der Waals surface area contributed by atoms with E-state index in [1.807, 2.05) is 0 Å². The van der Waals surface area contributed by atoms with Crippen LogP contribution in [0.25, 0.3) is 0 Å². The van der Waals surface area contributed by atoms with Crippen molar-refractivity contribution in [3.05, 3.63) is 64.2 Å². The van der Waals surface area contributed by atoms with Gasteiger partial charge >= 0.3 is 15.5 Å². The van der Waals surface area contributed by atoms with Crippen LogP contribution in [0.4, 0.5) is 18.9 Å². The van der Waals surface area contributed by atoms with E-state index in [-0.39, 0.29) is 23.6 Å². The molecule has 0 saturated carbocycles. The lowest BCUT2D eigenvalue weighted by Gasteiger charge is -2.14. The minimum absolute atomic E-state index is 0.0906. The van der Waals surface area contributed by atoms with Gasteiger partial charge in [-0.1, -0.05) is 40.5 Å². The molecular weight excluding hydrogens is 405 g/mol. The number of sulfonamides is 1. The molecule has 27 heavy (non-hydrogen) atoms. The fraction of sp³-hybridized carbons (Fsp3) is 0.235. The molecule has 0 atom stereocenters. The zero-order valence-corrected chi connectivity index (χ0v) is 15.9. The van der Waals surface area contributed by atoms with Crippen LogP contribution in [0.1, 0.15) is 23.6 Å². The molecule has 0 unspecified atom stereocenters. The molecule has 0 radical (unpaired) electrons. The highest BCUT2D eigenvalue weighted by molar-refractivity contribution is 7.93. The smallest absolute Gasteiger partial charge is 0.391 e. The minimum atomic E-state index is -5.55. The van der Waals surface area contributed by atoms with E-state index in [2.05, 4.69) is 5.16 Å². The summed E-state index contributed by atoms with van der Waals surface area (Å²) in [4.78, 5) is 5.21. The molecule has 10 heteroatoms. The standard InChI is InChI=1S/C17H16ClF3N2O3S/c1-11-6-7-16(23-27(24,25)17(19,20)21)15(8-11)12(2)22-26-10-13-4-3-5-14(18)9-13/h3-9,23H,10H2,1-2H3/b22-12+. The quantitative estimate of drug-likeness (QED) is 0.536. The number of halogens is 4. The van der Waals surface area contributed by atoms with Crippen LogP contribution in [-0.4, -0.2) is 19.6 Å². The zero-order chi connectivity index (χ0) is 20.2. The van der Waals surface area contributed by atoms with Gasteiger partial charge in [-0.15, -0.1) is 0 Å². The Balaban J connectivity index is 2.24. The van der Waals surface area contributed by atoms with Crippen molar-refractivity contribution in [2.45, 2.75) is 26.0 Å². The average Bonchev–Trinajstić information content (AvgIpc) is 2.55. The van der Waals surface area contributed by atoms with Crippen LogP contribution in [0, 0.1) is 6.92 Å². The van der Waals surface area contributed by atoms with E-state index in [1.165, 1.54) is 25.1 Å². The van der Waals surface area contributed by atoms with Crippen LogP contribution in [0.5, 0.6) is 0 Å². The Morgan fingerprint density at radius 1 is 1.22 bits per heavy atom. The summed E-state index contributed by atoms with van der Waals surface area (Å²) in [6, 6.07) is 11.1. The summed E-state index contributed by atoms with van der Waals surface area (Å²) in [5, 5.41) is 4.40. The lowest BCUT2D eigenvalue weighted by Crippen LogP contribution is -2.30. The van der Waals surface area contributed by atoms with Gasteiger partial charge in [0.1, 0.15) is 6.61 Å². The van der Waals surface area contributed by atoms with Crippen LogP contribution >= 0.6 is 11.6 Å². The highest BCUT2D eigenvalue weighted by Crippen LogP contribution is 2.28. The minimum Gasteiger partial charge on any atom is -0.391 e. The predicted molar refractivity (Wildman–Crippen MR) is 98.2 cm³/mol. The molecule has 5 nitrogen and oxygen atoms in total. The first-order valence-electron chi connectivity index (χ1n) is 7.61. The van der Waals surface area contributed by atoms with Crippen molar-refractivity contribution in [3.63, 3.8) is 0 Å². The van der Waals surface area contributed by atoms with Gasteiger partial charge in [-0.3, -0.25) is 4.72 Å². The summed E-state index contributed by atoms with van der Waals surface area (Å²) < 4.78 is 62.2. The average molecular weight is 421 g/mol. The fourth-order valence-corrected chi connectivity index (χ4v) is 2.92. The van der Waals surface area contributed by atoms with Gasteiger partial charge in [-0.2, -0.15) is 21.6 Å². The van der Waals surface area contributed by atoms with E-state index in [0.717, 1.165) is 5.56 Å². The summed E-state index contributed by atoms with van der Waals surface area (Å²) in [5.74, 6) is 0. The van der Waals surface area contributed by atoms with Gasteiger partial charge in [-0.05, 0) is 43.7 Å². The van der Waals surface area contributed by atoms with E-state index < -0.39 is 15.5 Å². The largest absolute Gasteiger partial charge is 0.516 e. The van der Waals surface area contributed by atoms with Crippen molar-refractivity contribution >= 4 is 33.0 Å². The Morgan fingerprint density at radius 2 is 1.93 bits per heavy atom. The lowest BCUT2D eigenvalue weighted by atomic mass is 10.1. The molecule has 146 valence electrons. The molecule has 0 bridgehead atoms. The normalized spacial score (nSPS) is 12.7. The SMILES string of the molecule is C/C(=N\OCc1cccc(Cl)c1)c1cc(C)ccc1NS(=O)(=O)C(F)(F)F. The maximum absolute atomic E-state index is 12.6. The Morgan fingerprint density at radius 3 is 2.56 bits per heavy atom. The third-order valence-electron chi connectivity index (χ3n) is 3.44. The Kier molecular flexibility index (Phi) is 6.38. The third kappa shape index (κ3) is 5.61. The van der Waals surface area contributed by atoms with E-state index in [4.69, 9.17) is 16.4 Å². The molecule has 0 heterocycles. The van der Waals surface area contributed by atoms with Gasteiger partial charge in [-0.25, -0.2) is 0 Å². The van der Waals surface area contributed by atoms with Crippen molar-refractivity contribution in [1.29, 1.82) is 0 Å². The molecule has 0 aromatic heterocycles. The molecule has 1 N–H and O–H groups in total. The molecule has 2 aromatic carbocycles. The van der Waals surface area contributed by atoms with Crippen molar-refractivity contribution < 1.29 is 26.4 Å². The molecule has 0 fully saturated rings. The monoisotopic (exact) mass is 420 g/mol. The maximum atomic E-state index is 12.6. The summed E-state index contributed by atoms with van der Waals surface area (Å²) in [6.45, 7) is 3.30. The van der Waals surface area contributed by atoms with Crippen LogP contribution in [0.15, 0.2) is 47.6 Å². The van der Waals surface area contributed by atoms with Gasteiger partial charge in [0.15, 0.2) is 0 Å². The number of hydrogen-bond donors (Lipinski definition) is 1. The molecule has 0 aliphatic rings. The number of nitrogens with one attached hydrogen (secondary N) is 1. The van der Waals surface area contributed by atoms with E-state index >= 15 is 0 Å². The van der Waals surface area contributed by atoms with Gasteiger partial charge in [0.2, 0.25) is 0 Å². The van der Waals surface area contributed by atoms with E-state index in [0.29, 0.717) is 10.6 Å². The molecular formula is C17H16ClF3N2O3S. The third-order valence-corrected chi connectivity index (χ3v) is 4.77. The summed E-state index contributed by atoms with van der Waals surface area (Å²) >= 11 is 5.87. The fourth-order valence-electron chi connectivity index (χ4n) is 2.13. The molecule has 2 aromatic rings. The topological polar surface area (TPSA) is 67.8 Å². The van der Waals surface area contributed by atoms with Crippen LogP contribution in [0.2, 0.25) is 5.02 Å². The van der Waals surface area contributed by atoms with Gasteiger partial charge in [0.25, 0.3) is 0 Å². The van der Waals surface area contributed by atoms with Crippen LogP contribution in [-0.2, 0) is 21.5 Å². The molecule has 0 saturated heterocycles. The first kappa shape index (κ1) is 21.0. The first-order valence-corrected chi connectivity index (χ1v) is 9.47. The number of alkyl halides is 3. The van der Waals surface area contributed by atoms with Gasteiger partial charge in [0.05, 0.1) is 11.4 Å². The maximum Gasteiger partial charge on any atom is 0.516 e. The van der Waals surface area contributed by atoms with Gasteiger partial charge < -0.3 is 4.84 Å². The number of hydrogen-bond acceptors (Lipinski definition) is 4. The van der Waals surface area contributed by atoms with E-state index in [9.17, 15) is 21.6 Å². The predicted octanol–water partition coefficient (Wildman–Crippen LogP) is 4.85. The second-order valence-corrected chi connectivity index (χ2v) is 7.79. The molecule has 0 aliphatic carbocycles. The van der Waals surface area contributed by atoms with E-state index in [1.54, 1.807) is 35.9 Å². The number of oxime groups is 1. The summed E-state index contributed by atoms with van der Waals surface area (Å²) in [5.41, 5.74) is -3.82. The number of anilines is 1. The Labute approximate surface area is 159 Å². The Hall–Kier alpha value is -2.26. The first-order chi connectivity index (χ1) is 12.5. The van der Waals surface area contributed by atoms with Gasteiger partial charge in [0, 0.05) is 10.6 Å². The molecule has 2 rings (SSSR count). The van der Waals surface area contributed by atoms with Crippen LogP contribution in [0.3, 0.4) is 0 Å². The molecule has 0 spiro atoms. The number of nitrogens with zero attached hydrogens (tertiary/aromatic N) is 1. The highest BCUT2D eigenvalue weighted by Gasteiger charge is 2.46. The Bertz CT molecular complexity index is 960. The number of benzene rings is 2.